The monoisotopic (exact) mass is 372 g/mol. The molecule has 2 aromatic rings. The van der Waals surface area contributed by atoms with E-state index in [1.807, 2.05) is 13.0 Å². The molecule has 0 aliphatic carbocycles. The van der Waals surface area contributed by atoms with Crippen molar-refractivity contribution in [1.29, 1.82) is 0 Å². The van der Waals surface area contributed by atoms with Gasteiger partial charge in [-0.15, -0.1) is 0 Å². The first-order valence-electron chi connectivity index (χ1n) is 6.32. The molecule has 0 spiro atoms. The van der Waals surface area contributed by atoms with Gasteiger partial charge in [-0.25, -0.2) is 13.2 Å². The van der Waals surface area contributed by atoms with Gasteiger partial charge < -0.3 is 10.6 Å². The number of nitrogens with one attached hydrogen (secondary N) is 2. The molecule has 2 rings (SSSR count). The van der Waals surface area contributed by atoms with E-state index in [1.54, 1.807) is 12.1 Å². The molecule has 0 radical (unpaired) electrons. The summed E-state index contributed by atoms with van der Waals surface area (Å²) in [5.41, 5.74) is 1.33. The second-order valence-corrected chi connectivity index (χ2v) is 5.44. The molecule has 0 atom stereocenters. The Bertz CT molecular complexity index is 722. The summed E-state index contributed by atoms with van der Waals surface area (Å²) in [6.45, 7) is 1.78. The molecule has 0 saturated heterocycles. The summed E-state index contributed by atoms with van der Waals surface area (Å²) >= 11 is 3.36. The van der Waals surface area contributed by atoms with Crippen LogP contribution in [0.3, 0.4) is 0 Å². The first-order valence-corrected chi connectivity index (χ1v) is 7.11. The highest BCUT2D eigenvalue weighted by atomic mass is 79.9. The van der Waals surface area contributed by atoms with E-state index in [4.69, 9.17) is 0 Å². The van der Waals surface area contributed by atoms with Crippen molar-refractivity contribution in [2.45, 2.75) is 6.92 Å². The van der Waals surface area contributed by atoms with Gasteiger partial charge in [0.25, 0.3) is 0 Å². The quantitative estimate of drug-likeness (QED) is 0.788. The lowest BCUT2D eigenvalue weighted by molar-refractivity contribution is -0.114. The fourth-order valence-electron chi connectivity index (χ4n) is 1.70. The fraction of sp³-hybridized carbons (Fsp3) is 0.133. The standard InChI is InChI=1S/C15H12BrF3N2O/c1-8-2-3-9(6-10(8)16)20-7-13(22)21-12-5-4-11(17)14(18)15(12)19/h2-6,20H,7H2,1H3,(H,21,22). The molecule has 0 fully saturated rings. The molecule has 0 saturated carbocycles. The van der Waals surface area contributed by atoms with E-state index in [1.165, 1.54) is 0 Å². The number of hydrogen-bond acceptors (Lipinski definition) is 2. The van der Waals surface area contributed by atoms with Crippen LogP contribution < -0.4 is 10.6 Å². The van der Waals surface area contributed by atoms with Gasteiger partial charge in [-0.3, -0.25) is 4.79 Å². The van der Waals surface area contributed by atoms with Crippen molar-refractivity contribution in [3.05, 3.63) is 57.8 Å². The molecule has 0 unspecified atom stereocenters. The van der Waals surface area contributed by atoms with Gasteiger partial charge in [0.2, 0.25) is 5.91 Å². The van der Waals surface area contributed by atoms with Crippen LogP contribution in [0.15, 0.2) is 34.8 Å². The van der Waals surface area contributed by atoms with Gasteiger partial charge in [-0.05, 0) is 36.8 Å². The summed E-state index contributed by atoms with van der Waals surface area (Å²) in [6.07, 6.45) is 0. The normalized spacial score (nSPS) is 10.4. The van der Waals surface area contributed by atoms with E-state index in [0.717, 1.165) is 22.2 Å². The molecule has 2 N–H and O–H groups in total. The average molecular weight is 373 g/mol. The lowest BCUT2D eigenvalue weighted by Gasteiger charge is -2.10. The Morgan fingerprint density at radius 3 is 2.55 bits per heavy atom. The highest BCUT2D eigenvalue weighted by Gasteiger charge is 2.15. The van der Waals surface area contributed by atoms with Crippen molar-refractivity contribution < 1.29 is 18.0 Å². The van der Waals surface area contributed by atoms with Gasteiger partial charge in [0.05, 0.1) is 12.2 Å². The predicted octanol–water partition coefficient (Wildman–Crippen LogP) is 4.23. The zero-order chi connectivity index (χ0) is 16.3. The Labute approximate surface area is 133 Å². The minimum absolute atomic E-state index is 0.145. The third kappa shape index (κ3) is 3.79. The number of halogens is 4. The van der Waals surface area contributed by atoms with Gasteiger partial charge in [-0.1, -0.05) is 22.0 Å². The molecular formula is C15H12BrF3N2O. The van der Waals surface area contributed by atoms with Crippen LogP contribution in [-0.4, -0.2) is 12.5 Å². The number of rotatable bonds is 4. The second kappa shape index (κ2) is 6.83. The Hall–Kier alpha value is -2.02. The van der Waals surface area contributed by atoms with E-state index >= 15 is 0 Å². The number of carbonyl (C=O) groups excluding carboxylic acids is 1. The predicted molar refractivity (Wildman–Crippen MR) is 82.3 cm³/mol. The van der Waals surface area contributed by atoms with Crippen molar-refractivity contribution in [1.82, 2.24) is 0 Å². The smallest absolute Gasteiger partial charge is 0.243 e. The van der Waals surface area contributed by atoms with Crippen molar-refractivity contribution in [3.8, 4) is 0 Å². The van der Waals surface area contributed by atoms with Crippen LogP contribution in [0.1, 0.15) is 5.56 Å². The highest BCUT2D eigenvalue weighted by Crippen LogP contribution is 2.21. The topological polar surface area (TPSA) is 41.1 Å². The second-order valence-electron chi connectivity index (χ2n) is 4.59. The minimum Gasteiger partial charge on any atom is -0.376 e. The van der Waals surface area contributed by atoms with Crippen molar-refractivity contribution in [2.24, 2.45) is 0 Å². The lowest BCUT2D eigenvalue weighted by Crippen LogP contribution is -2.22. The lowest BCUT2D eigenvalue weighted by atomic mass is 10.2. The summed E-state index contributed by atoms with van der Waals surface area (Å²) in [5.74, 6) is -4.93. The van der Waals surface area contributed by atoms with E-state index < -0.39 is 29.0 Å². The van der Waals surface area contributed by atoms with E-state index in [-0.39, 0.29) is 6.54 Å². The van der Waals surface area contributed by atoms with Crippen molar-refractivity contribution in [3.63, 3.8) is 0 Å². The van der Waals surface area contributed by atoms with E-state index in [0.29, 0.717) is 5.69 Å². The number of amides is 1. The first kappa shape index (κ1) is 16.4. The molecule has 22 heavy (non-hydrogen) atoms. The molecule has 7 heteroatoms. The Balaban J connectivity index is 1.99. The summed E-state index contributed by atoms with van der Waals surface area (Å²) in [4.78, 5) is 11.7. The highest BCUT2D eigenvalue weighted by molar-refractivity contribution is 9.10. The molecule has 3 nitrogen and oxygen atoms in total. The van der Waals surface area contributed by atoms with Gasteiger partial charge in [0, 0.05) is 10.2 Å². The SMILES string of the molecule is Cc1ccc(NCC(=O)Nc2ccc(F)c(F)c2F)cc1Br. The van der Waals surface area contributed by atoms with Crippen LogP contribution in [0.5, 0.6) is 0 Å². The Morgan fingerprint density at radius 2 is 1.86 bits per heavy atom. The molecule has 2 aromatic carbocycles. The van der Waals surface area contributed by atoms with E-state index in [2.05, 4.69) is 26.6 Å². The van der Waals surface area contributed by atoms with Crippen LogP contribution >= 0.6 is 15.9 Å². The zero-order valence-electron chi connectivity index (χ0n) is 11.5. The Kier molecular flexibility index (Phi) is 5.07. The number of anilines is 2. The van der Waals surface area contributed by atoms with Gasteiger partial charge in [0.1, 0.15) is 0 Å². The molecule has 1 amide bonds. The largest absolute Gasteiger partial charge is 0.376 e. The number of hydrogen-bond donors (Lipinski definition) is 2. The number of carbonyl (C=O) groups is 1. The third-order valence-corrected chi connectivity index (χ3v) is 3.79. The van der Waals surface area contributed by atoms with Crippen LogP contribution in [0.25, 0.3) is 0 Å². The van der Waals surface area contributed by atoms with Gasteiger partial charge >= 0.3 is 0 Å². The first-order chi connectivity index (χ1) is 10.4. The molecule has 0 bridgehead atoms. The minimum atomic E-state index is -1.62. The molecule has 0 aromatic heterocycles. The maximum absolute atomic E-state index is 13.4. The summed E-state index contributed by atoms with van der Waals surface area (Å²) in [5, 5.41) is 5.03. The van der Waals surface area contributed by atoms with Crippen molar-refractivity contribution >= 4 is 33.2 Å². The van der Waals surface area contributed by atoms with Crippen molar-refractivity contribution in [2.75, 3.05) is 17.2 Å². The maximum Gasteiger partial charge on any atom is 0.243 e. The van der Waals surface area contributed by atoms with Crippen LogP contribution in [0, 0.1) is 24.4 Å². The average Bonchev–Trinajstić information content (AvgIpc) is 2.49. The summed E-state index contributed by atoms with van der Waals surface area (Å²) < 4.78 is 40.2. The zero-order valence-corrected chi connectivity index (χ0v) is 13.1. The van der Waals surface area contributed by atoms with Gasteiger partial charge in [-0.2, -0.15) is 0 Å². The third-order valence-electron chi connectivity index (χ3n) is 2.93. The number of benzene rings is 2. The fourth-order valence-corrected chi connectivity index (χ4v) is 2.08. The molecular weight excluding hydrogens is 361 g/mol. The molecule has 0 aliphatic heterocycles. The Morgan fingerprint density at radius 1 is 1.14 bits per heavy atom. The van der Waals surface area contributed by atoms with Crippen LogP contribution in [0.4, 0.5) is 24.5 Å². The molecule has 0 heterocycles. The van der Waals surface area contributed by atoms with E-state index in [9.17, 15) is 18.0 Å². The number of aryl methyl sites for hydroxylation is 1. The molecule has 116 valence electrons. The molecule has 0 aliphatic rings. The van der Waals surface area contributed by atoms with Crippen LogP contribution in [-0.2, 0) is 4.79 Å². The maximum atomic E-state index is 13.4. The van der Waals surface area contributed by atoms with Crippen LogP contribution in [0.2, 0.25) is 0 Å². The summed E-state index contributed by atoms with van der Waals surface area (Å²) in [7, 11) is 0. The summed E-state index contributed by atoms with van der Waals surface area (Å²) in [6, 6.07) is 7.15. The van der Waals surface area contributed by atoms with Gasteiger partial charge in [0.15, 0.2) is 17.5 Å².